The molecule has 2 heterocycles. The van der Waals surface area contributed by atoms with Gasteiger partial charge in [0.2, 0.25) is 0 Å². The Morgan fingerprint density at radius 2 is 2.33 bits per heavy atom. The molecule has 98 valence electrons. The van der Waals surface area contributed by atoms with Crippen molar-refractivity contribution in [2.75, 3.05) is 37.7 Å². The van der Waals surface area contributed by atoms with Crippen LogP contribution in [0.25, 0.3) is 0 Å². The average Bonchev–Trinajstić information content (AvgIpc) is 2.40. The number of morpholine rings is 1. The Hall–Kier alpha value is -1.13. The van der Waals surface area contributed by atoms with Crippen molar-refractivity contribution in [3.8, 4) is 0 Å². The highest BCUT2D eigenvalue weighted by Crippen LogP contribution is 2.29. The molecule has 0 bridgehead atoms. The van der Waals surface area contributed by atoms with Crippen molar-refractivity contribution in [1.29, 1.82) is 0 Å². The summed E-state index contributed by atoms with van der Waals surface area (Å²) in [5.74, 6) is -0.171. The Balaban J connectivity index is 1.77. The maximum Gasteiger partial charge on any atom is 0.125 e. The standard InChI is InChI=1S/C14H19FN2O/c15-12-3-1-4-13(9-12)17-7-2-5-14(11-17)10-16-6-8-18-14/h1,3-4,9,16H,2,5-8,10-11H2/t14-/m1/s1. The summed E-state index contributed by atoms with van der Waals surface area (Å²) in [6, 6.07) is 6.83. The number of nitrogens with one attached hydrogen (secondary N) is 1. The van der Waals surface area contributed by atoms with Crippen molar-refractivity contribution in [1.82, 2.24) is 5.32 Å². The first-order valence-electron chi connectivity index (χ1n) is 6.63. The lowest BCUT2D eigenvalue weighted by Gasteiger charge is -2.45. The molecular weight excluding hydrogens is 231 g/mol. The fraction of sp³-hybridized carbons (Fsp3) is 0.571. The Labute approximate surface area is 107 Å². The summed E-state index contributed by atoms with van der Waals surface area (Å²) in [7, 11) is 0. The lowest BCUT2D eigenvalue weighted by Crippen LogP contribution is -2.58. The Morgan fingerprint density at radius 3 is 3.11 bits per heavy atom. The molecule has 1 atom stereocenters. The molecule has 0 amide bonds. The molecular formula is C14H19FN2O. The second kappa shape index (κ2) is 4.86. The fourth-order valence-corrected chi connectivity index (χ4v) is 2.96. The molecule has 2 saturated heterocycles. The van der Waals surface area contributed by atoms with E-state index >= 15 is 0 Å². The van der Waals surface area contributed by atoms with E-state index in [4.69, 9.17) is 4.74 Å². The van der Waals surface area contributed by atoms with Gasteiger partial charge >= 0.3 is 0 Å². The summed E-state index contributed by atoms with van der Waals surface area (Å²) in [5, 5.41) is 3.40. The molecule has 1 aromatic rings. The van der Waals surface area contributed by atoms with Crippen molar-refractivity contribution >= 4 is 5.69 Å². The van der Waals surface area contributed by atoms with Crippen LogP contribution in [-0.2, 0) is 4.74 Å². The zero-order valence-corrected chi connectivity index (χ0v) is 10.5. The summed E-state index contributed by atoms with van der Waals surface area (Å²) >= 11 is 0. The van der Waals surface area contributed by atoms with E-state index in [-0.39, 0.29) is 11.4 Å². The van der Waals surface area contributed by atoms with Gasteiger partial charge < -0.3 is 15.0 Å². The predicted octanol–water partition coefficient (Wildman–Crippen LogP) is 1.78. The summed E-state index contributed by atoms with van der Waals surface area (Å²) in [6.45, 7) is 4.44. The second-order valence-corrected chi connectivity index (χ2v) is 5.21. The maximum absolute atomic E-state index is 13.3. The highest BCUT2D eigenvalue weighted by molar-refractivity contribution is 5.47. The normalized spacial score (nSPS) is 28.6. The first-order chi connectivity index (χ1) is 8.77. The SMILES string of the molecule is Fc1cccc(N2CCC[C@@]3(CNCCO3)C2)c1. The van der Waals surface area contributed by atoms with E-state index in [2.05, 4.69) is 10.2 Å². The van der Waals surface area contributed by atoms with Gasteiger partial charge in [-0.1, -0.05) is 6.07 Å². The number of piperidine rings is 1. The van der Waals surface area contributed by atoms with Crippen LogP contribution >= 0.6 is 0 Å². The fourth-order valence-electron chi connectivity index (χ4n) is 2.96. The first kappa shape index (κ1) is 11.9. The third-order valence-electron chi connectivity index (χ3n) is 3.85. The molecule has 0 aromatic heterocycles. The maximum atomic E-state index is 13.3. The zero-order chi connectivity index (χ0) is 12.4. The monoisotopic (exact) mass is 250 g/mol. The third kappa shape index (κ3) is 2.35. The van der Waals surface area contributed by atoms with Crippen LogP contribution in [0.2, 0.25) is 0 Å². The van der Waals surface area contributed by atoms with Crippen LogP contribution in [0.3, 0.4) is 0 Å². The highest BCUT2D eigenvalue weighted by Gasteiger charge is 2.37. The Bertz CT molecular complexity index is 413. The van der Waals surface area contributed by atoms with Crippen LogP contribution in [0.15, 0.2) is 24.3 Å². The van der Waals surface area contributed by atoms with E-state index in [0.29, 0.717) is 0 Å². The summed E-state index contributed by atoms with van der Waals surface area (Å²) < 4.78 is 19.3. The summed E-state index contributed by atoms with van der Waals surface area (Å²) in [6.07, 6.45) is 2.18. The van der Waals surface area contributed by atoms with Crippen molar-refractivity contribution in [2.45, 2.75) is 18.4 Å². The number of ether oxygens (including phenoxy) is 1. The van der Waals surface area contributed by atoms with Gasteiger partial charge in [0.25, 0.3) is 0 Å². The van der Waals surface area contributed by atoms with Crippen molar-refractivity contribution in [2.24, 2.45) is 0 Å². The number of nitrogens with zero attached hydrogens (tertiary/aromatic N) is 1. The van der Waals surface area contributed by atoms with Gasteiger partial charge in [-0.25, -0.2) is 4.39 Å². The van der Waals surface area contributed by atoms with Crippen LogP contribution in [-0.4, -0.2) is 38.4 Å². The van der Waals surface area contributed by atoms with Gasteiger partial charge in [-0.2, -0.15) is 0 Å². The molecule has 2 fully saturated rings. The van der Waals surface area contributed by atoms with E-state index in [1.165, 1.54) is 6.07 Å². The van der Waals surface area contributed by atoms with Crippen molar-refractivity contribution in [3.05, 3.63) is 30.1 Å². The summed E-state index contributed by atoms with van der Waals surface area (Å²) in [4.78, 5) is 2.24. The van der Waals surface area contributed by atoms with Gasteiger partial charge in [0.15, 0.2) is 0 Å². The minimum Gasteiger partial charge on any atom is -0.371 e. The van der Waals surface area contributed by atoms with Crippen LogP contribution < -0.4 is 10.2 Å². The number of benzene rings is 1. The molecule has 0 unspecified atom stereocenters. The molecule has 1 aromatic carbocycles. The molecule has 2 aliphatic rings. The largest absolute Gasteiger partial charge is 0.371 e. The first-order valence-corrected chi connectivity index (χ1v) is 6.63. The van der Waals surface area contributed by atoms with Gasteiger partial charge in [0.05, 0.1) is 12.2 Å². The number of anilines is 1. The van der Waals surface area contributed by atoms with Gasteiger partial charge in [-0.15, -0.1) is 0 Å². The number of hydrogen-bond acceptors (Lipinski definition) is 3. The Morgan fingerprint density at radius 1 is 1.39 bits per heavy atom. The van der Waals surface area contributed by atoms with Crippen LogP contribution in [0.1, 0.15) is 12.8 Å². The minimum absolute atomic E-state index is 0.0805. The van der Waals surface area contributed by atoms with Gasteiger partial charge in [-0.3, -0.25) is 0 Å². The van der Waals surface area contributed by atoms with Crippen molar-refractivity contribution in [3.63, 3.8) is 0 Å². The third-order valence-corrected chi connectivity index (χ3v) is 3.85. The molecule has 4 heteroatoms. The molecule has 1 N–H and O–H groups in total. The van der Waals surface area contributed by atoms with Gasteiger partial charge in [-0.05, 0) is 31.0 Å². The average molecular weight is 250 g/mol. The zero-order valence-electron chi connectivity index (χ0n) is 10.5. The number of halogens is 1. The van der Waals surface area contributed by atoms with Gasteiger partial charge in [0.1, 0.15) is 5.82 Å². The Kier molecular flexibility index (Phi) is 3.22. The van der Waals surface area contributed by atoms with Crippen LogP contribution in [0.4, 0.5) is 10.1 Å². The molecule has 1 spiro atoms. The highest BCUT2D eigenvalue weighted by atomic mass is 19.1. The topological polar surface area (TPSA) is 24.5 Å². The minimum atomic E-state index is -0.171. The lowest BCUT2D eigenvalue weighted by atomic mass is 9.91. The molecule has 3 rings (SSSR count). The van der Waals surface area contributed by atoms with Crippen LogP contribution in [0, 0.1) is 5.82 Å². The summed E-state index contributed by atoms with van der Waals surface area (Å²) in [5.41, 5.74) is 0.881. The van der Waals surface area contributed by atoms with Crippen LogP contribution in [0.5, 0.6) is 0 Å². The van der Waals surface area contributed by atoms with E-state index in [0.717, 1.165) is 51.3 Å². The van der Waals surface area contributed by atoms with E-state index < -0.39 is 0 Å². The second-order valence-electron chi connectivity index (χ2n) is 5.21. The van der Waals surface area contributed by atoms with E-state index in [9.17, 15) is 4.39 Å². The molecule has 0 aliphatic carbocycles. The quantitative estimate of drug-likeness (QED) is 0.822. The molecule has 2 aliphatic heterocycles. The van der Waals surface area contributed by atoms with Crippen molar-refractivity contribution < 1.29 is 9.13 Å². The number of hydrogen-bond donors (Lipinski definition) is 1. The number of rotatable bonds is 1. The molecule has 3 nitrogen and oxygen atoms in total. The smallest absolute Gasteiger partial charge is 0.125 e. The molecule has 18 heavy (non-hydrogen) atoms. The predicted molar refractivity (Wildman–Crippen MR) is 69.4 cm³/mol. The van der Waals surface area contributed by atoms with E-state index in [1.54, 1.807) is 12.1 Å². The molecule has 0 saturated carbocycles. The molecule has 0 radical (unpaired) electrons. The lowest BCUT2D eigenvalue weighted by molar-refractivity contribution is -0.0725. The van der Waals surface area contributed by atoms with E-state index in [1.807, 2.05) is 6.07 Å². The van der Waals surface area contributed by atoms with Gasteiger partial charge in [0, 0.05) is 31.9 Å².